The Kier molecular flexibility index (Phi) is 6.21. The molecule has 4 rings (SSSR count). The molecule has 2 heterocycles. The van der Waals surface area contributed by atoms with Gasteiger partial charge in [-0.05, 0) is 48.2 Å². The van der Waals surface area contributed by atoms with E-state index in [0.29, 0.717) is 12.3 Å². The van der Waals surface area contributed by atoms with Gasteiger partial charge >= 0.3 is 0 Å². The second kappa shape index (κ2) is 9.19. The highest BCUT2D eigenvalue weighted by Gasteiger charge is 2.10. The van der Waals surface area contributed by atoms with Gasteiger partial charge in [0.15, 0.2) is 0 Å². The van der Waals surface area contributed by atoms with Crippen molar-refractivity contribution in [2.75, 3.05) is 36.9 Å². The number of aromatic nitrogens is 2. The Bertz CT molecular complexity index is 955. The van der Waals surface area contributed by atoms with Gasteiger partial charge in [-0.15, -0.1) is 0 Å². The molecule has 0 bridgehead atoms. The summed E-state index contributed by atoms with van der Waals surface area (Å²) in [7, 11) is 0. The third kappa shape index (κ3) is 5.11. The zero-order chi connectivity index (χ0) is 20.9. The molecular weight excluding hydrogens is 378 g/mol. The average molecular weight is 408 g/mol. The van der Waals surface area contributed by atoms with Crippen LogP contribution in [0.2, 0.25) is 0 Å². The second-order valence-electron chi connectivity index (χ2n) is 7.81. The Labute approximate surface area is 177 Å². The molecule has 1 aromatic heterocycles. The largest absolute Gasteiger partial charge is 0.507 e. The summed E-state index contributed by atoms with van der Waals surface area (Å²) in [6.45, 7) is 9.05. The normalized spacial score (nSPS) is 14.6. The third-order valence-corrected chi connectivity index (χ3v) is 5.35. The Morgan fingerprint density at radius 3 is 2.43 bits per heavy atom. The highest BCUT2D eigenvalue weighted by molar-refractivity contribution is 5.59. The molecule has 0 spiro atoms. The average Bonchev–Trinajstić information content (AvgIpc) is 3.20. The van der Waals surface area contributed by atoms with Crippen molar-refractivity contribution >= 4 is 17.3 Å². The second-order valence-corrected chi connectivity index (χ2v) is 7.81. The molecule has 1 aliphatic rings. The highest BCUT2D eigenvalue weighted by Crippen LogP contribution is 2.24. The number of hydrogen-bond acceptors (Lipinski definition) is 6. The molecule has 3 aromatic rings. The van der Waals surface area contributed by atoms with Crippen LogP contribution in [0.5, 0.6) is 5.75 Å². The molecule has 7 heteroatoms. The minimum absolute atomic E-state index is 0.362. The smallest absolute Gasteiger partial charge is 0.150 e. The molecule has 30 heavy (non-hydrogen) atoms. The van der Waals surface area contributed by atoms with Crippen LogP contribution in [0.25, 0.3) is 0 Å². The van der Waals surface area contributed by atoms with Gasteiger partial charge in [0.1, 0.15) is 17.4 Å². The lowest BCUT2D eigenvalue weighted by molar-refractivity contribution is 0.0342. The van der Waals surface area contributed by atoms with E-state index in [9.17, 15) is 5.11 Å². The molecule has 1 aliphatic heterocycles. The van der Waals surface area contributed by atoms with Gasteiger partial charge in [0.05, 0.1) is 13.2 Å². The summed E-state index contributed by atoms with van der Waals surface area (Å²) in [6.07, 6.45) is 0. The minimum Gasteiger partial charge on any atom is -0.507 e. The number of phenolic OH excluding ortho intramolecular Hbond substituents is 1. The van der Waals surface area contributed by atoms with Gasteiger partial charge in [-0.1, -0.05) is 24.3 Å². The highest BCUT2D eigenvalue weighted by atomic mass is 16.5. The maximum atomic E-state index is 9.91. The van der Waals surface area contributed by atoms with Crippen LogP contribution in [-0.4, -0.2) is 46.5 Å². The number of benzene rings is 2. The molecule has 1 fully saturated rings. The molecule has 0 radical (unpaired) electrons. The van der Waals surface area contributed by atoms with Crippen LogP contribution in [0, 0.1) is 13.8 Å². The third-order valence-electron chi connectivity index (χ3n) is 5.35. The number of phenols is 1. The van der Waals surface area contributed by atoms with Gasteiger partial charge < -0.3 is 20.5 Å². The van der Waals surface area contributed by atoms with Crippen LogP contribution < -0.4 is 10.6 Å². The van der Waals surface area contributed by atoms with Gasteiger partial charge in [0, 0.05) is 37.9 Å². The number of rotatable bonds is 7. The number of aromatic amines is 1. The fraction of sp³-hybridized carbons (Fsp3) is 0.348. The zero-order valence-corrected chi connectivity index (χ0v) is 17.5. The molecule has 158 valence electrons. The SMILES string of the molecule is Cc1cc(CNc2cc(Nc3ccc(CN4CCOCC4)cc3)[nH]n2)cc(C)c1O. The van der Waals surface area contributed by atoms with Crippen LogP contribution in [0.3, 0.4) is 0 Å². The maximum absolute atomic E-state index is 9.91. The molecule has 4 N–H and O–H groups in total. The van der Waals surface area contributed by atoms with Crippen LogP contribution in [0.15, 0.2) is 42.5 Å². The fourth-order valence-electron chi connectivity index (χ4n) is 3.68. The predicted octanol–water partition coefficient (Wildman–Crippen LogP) is 3.92. The summed E-state index contributed by atoms with van der Waals surface area (Å²) < 4.78 is 5.41. The van der Waals surface area contributed by atoms with Crippen LogP contribution >= 0.6 is 0 Å². The summed E-state index contributed by atoms with van der Waals surface area (Å²) in [5.74, 6) is 1.96. The molecular formula is C23H29N5O2. The van der Waals surface area contributed by atoms with E-state index in [1.165, 1.54) is 5.56 Å². The van der Waals surface area contributed by atoms with Crippen molar-refractivity contribution in [3.05, 3.63) is 64.7 Å². The number of morpholine rings is 1. The van der Waals surface area contributed by atoms with Crippen molar-refractivity contribution in [2.24, 2.45) is 0 Å². The quantitative estimate of drug-likeness (QED) is 0.475. The number of aryl methyl sites for hydroxylation is 2. The Balaban J connectivity index is 1.31. The maximum Gasteiger partial charge on any atom is 0.150 e. The molecule has 0 saturated carbocycles. The van der Waals surface area contributed by atoms with E-state index in [1.54, 1.807) is 0 Å². The standard InChI is InChI=1S/C23H29N5O2/c1-16-11-19(12-17(2)23(16)29)14-24-21-13-22(27-26-21)25-20-5-3-18(4-6-20)15-28-7-9-30-10-8-28/h3-6,11-13,29H,7-10,14-15H2,1-2H3,(H3,24,25,26,27). The Morgan fingerprint density at radius 2 is 1.73 bits per heavy atom. The van der Waals surface area contributed by atoms with Crippen LogP contribution in [0.4, 0.5) is 17.3 Å². The Hall–Kier alpha value is -3.03. The zero-order valence-electron chi connectivity index (χ0n) is 17.5. The molecule has 2 aromatic carbocycles. The summed E-state index contributed by atoms with van der Waals surface area (Å²) in [5, 5.41) is 23.9. The number of H-pyrrole nitrogens is 1. The lowest BCUT2D eigenvalue weighted by Crippen LogP contribution is -2.35. The first-order chi connectivity index (χ1) is 14.6. The molecule has 0 aliphatic carbocycles. The van der Waals surface area contributed by atoms with E-state index in [-0.39, 0.29) is 0 Å². The van der Waals surface area contributed by atoms with Crippen molar-refractivity contribution in [3.63, 3.8) is 0 Å². The first kappa shape index (κ1) is 20.3. The predicted molar refractivity (Wildman–Crippen MR) is 119 cm³/mol. The molecule has 0 unspecified atom stereocenters. The fourth-order valence-corrected chi connectivity index (χ4v) is 3.68. The van der Waals surface area contributed by atoms with E-state index < -0.39 is 0 Å². The molecule has 7 nitrogen and oxygen atoms in total. The van der Waals surface area contributed by atoms with Crippen molar-refractivity contribution in [1.82, 2.24) is 15.1 Å². The number of hydrogen-bond donors (Lipinski definition) is 4. The summed E-state index contributed by atoms with van der Waals surface area (Å²) in [4.78, 5) is 2.41. The van der Waals surface area contributed by atoms with E-state index in [1.807, 2.05) is 32.0 Å². The van der Waals surface area contributed by atoms with Crippen LogP contribution in [-0.2, 0) is 17.8 Å². The number of aromatic hydroxyl groups is 1. The van der Waals surface area contributed by atoms with Crippen molar-refractivity contribution < 1.29 is 9.84 Å². The van der Waals surface area contributed by atoms with Gasteiger partial charge in [-0.2, -0.15) is 5.10 Å². The van der Waals surface area contributed by atoms with Crippen molar-refractivity contribution in [1.29, 1.82) is 0 Å². The summed E-state index contributed by atoms with van der Waals surface area (Å²) >= 11 is 0. The number of nitrogens with zero attached hydrogens (tertiary/aromatic N) is 2. The lowest BCUT2D eigenvalue weighted by Gasteiger charge is -2.26. The summed E-state index contributed by atoms with van der Waals surface area (Å²) in [6, 6.07) is 14.4. The minimum atomic E-state index is 0.362. The van der Waals surface area contributed by atoms with E-state index in [2.05, 4.69) is 50.0 Å². The van der Waals surface area contributed by atoms with E-state index in [4.69, 9.17) is 4.74 Å². The van der Waals surface area contributed by atoms with Gasteiger partial charge in [-0.25, -0.2) is 0 Å². The first-order valence-electron chi connectivity index (χ1n) is 10.3. The number of anilines is 3. The number of nitrogens with one attached hydrogen (secondary N) is 3. The van der Waals surface area contributed by atoms with Gasteiger partial charge in [-0.3, -0.25) is 10.00 Å². The molecule has 0 atom stereocenters. The van der Waals surface area contributed by atoms with E-state index >= 15 is 0 Å². The first-order valence-corrected chi connectivity index (χ1v) is 10.3. The van der Waals surface area contributed by atoms with Gasteiger partial charge in [0.2, 0.25) is 0 Å². The van der Waals surface area contributed by atoms with Crippen LogP contribution in [0.1, 0.15) is 22.3 Å². The van der Waals surface area contributed by atoms with Crippen molar-refractivity contribution in [3.8, 4) is 5.75 Å². The molecule has 0 amide bonds. The van der Waals surface area contributed by atoms with Crippen molar-refractivity contribution in [2.45, 2.75) is 26.9 Å². The molecule has 1 saturated heterocycles. The number of ether oxygens (including phenoxy) is 1. The van der Waals surface area contributed by atoms with E-state index in [0.717, 1.165) is 66.9 Å². The topological polar surface area (TPSA) is 85.4 Å². The monoisotopic (exact) mass is 407 g/mol. The summed E-state index contributed by atoms with van der Waals surface area (Å²) in [5.41, 5.74) is 5.19. The Morgan fingerprint density at radius 1 is 1.03 bits per heavy atom. The van der Waals surface area contributed by atoms with Gasteiger partial charge in [0.25, 0.3) is 0 Å². The lowest BCUT2D eigenvalue weighted by atomic mass is 10.1.